The number of carbonyl (C=O) groups excluding carboxylic acids is 5. The fourth-order valence-electron chi connectivity index (χ4n) is 2.96. The van der Waals surface area contributed by atoms with E-state index in [1.54, 1.807) is 0 Å². The molecule has 0 saturated heterocycles. The molecule has 0 bridgehead atoms. The van der Waals surface area contributed by atoms with Crippen molar-refractivity contribution in [3.63, 3.8) is 0 Å². The Kier molecular flexibility index (Phi) is 17.7. The lowest BCUT2D eigenvalue weighted by Gasteiger charge is -2.24. The highest BCUT2D eigenvalue weighted by Crippen LogP contribution is 2.10. The molecule has 4 amide bonds. The predicted octanol–water partition coefficient (Wildman–Crippen LogP) is 2.16. The van der Waals surface area contributed by atoms with E-state index in [0.717, 1.165) is 0 Å². The topological polar surface area (TPSA) is 157 Å². The summed E-state index contributed by atoms with van der Waals surface area (Å²) >= 11 is 6.53. The van der Waals surface area contributed by atoms with Crippen LogP contribution in [0.25, 0.3) is 0 Å². The zero-order valence-electron chi connectivity index (χ0n) is 20.2. The van der Waals surface area contributed by atoms with E-state index in [2.05, 4.69) is 47.8 Å². The third-order valence-corrected chi connectivity index (χ3v) is 6.60. The van der Waals surface area contributed by atoms with Gasteiger partial charge in [-0.15, -0.1) is 0 Å². The summed E-state index contributed by atoms with van der Waals surface area (Å²) < 4.78 is 5.22. The van der Waals surface area contributed by atoms with Gasteiger partial charge in [-0.25, -0.2) is 4.79 Å². The molecule has 0 heterocycles. The Bertz CT molecular complexity index is 674. The monoisotopic (exact) mass is 612 g/mol. The third kappa shape index (κ3) is 14.5. The number of ketones is 1. The highest BCUT2D eigenvalue weighted by atomic mass is 79.9. The van der Waals surface area contributed by atoms with Gasteiger partial charge in [-0.05, 0) is 44.9 Å². The lowest BCUT2D eigenvalue weighted by atomic mass is 10.0. The Hall–Kier alpha value is -1.69. The Labute approximate surface area is 218 Å². The molecule has 10 nitrogen and oxygen atoms in total. The highest BCUT2D eigenvalue weighted by molar-refractivity contribution is 9.09. The zero-order chi connectivity index (χ0) is 26.1. The number of carbonyl (C=O) groups is 5. The van der Waals surface area contributed by atoms with Crippen molar-refractivity contribution >= 4 is 61.5 Å². The van der Waals surface area contributed by atoms with Crippen molar-refractivity contribution in [2.24, 2.45) is 17.6 Å². The Morgan fingerprint density at radius 2 is 1.59 bits per heavy atom. The predicted molar refractivity (Wildman–Crippen MR) is 137 cm³/mol. The fourth-order valence-corrected chi connectivity index (χ4v) is 4.56. The molecule has 0 aromatic carbocycles. The summed E-state index contributed by atoms with van der Waals surface area (Å²) in [4.78, 5) is 59.5. The van der Waals surface area contributed by atoms with Gasteiger partial charge in [0.25, 0.3) is 0 Å². The number of hydrogen-bond donors (Lipinski definition) is 4. The van der Waals surface area contributed by atoms with Crippen LogP contribution in [0.3, 0.4) is 0 Å². The van der Waals surface area contributed by atoms with E-state index < -0.39 is 24.0 Å². The minimum absolute atomic E-state index is 0.177. The average molecular weight is 614 g/mol. The highest BCUT2D eigenvalue weighted by Gasteiger charge is 2.27. The quantitative estimate of drug-likeness (QED) is 0.105. The first-order valence-corrected chi connectivity index (χ1v) is 13.7. The van der Waals surface area contributed by atoms with Crippen LogP contribution in [0.4, 0.5) is 4.79 Å². The second kappa shape index (κ2) is 18.6. The molecule has 0 aliphatic rings. The van der Waals surface area contributed by atoms with E-state index in [4.69, 9.17) is 10.5 Å². The van der Waals surface area contributed by atoms with Gasteiger partial charge in [0.05, 0.1) is 18.6 Å². The van der Waals surface area contributed by atoms with Crippen LogP contribution in [-0.2, 0) is 23.9 Å². The lowest BCUT2D eigenvalue weighted by Crippen LogP contribution is -2.53. The number of amides is 4. The minimum Gasteiger partial charge on any atom is -0.465 e. The second-order valence-corrected chi connectivity index (χ2v) is 9.67. The van der Waals surface area contributed by atoms with Gasteiger partial charge in [0.1, 0.15) is 6.04 Å². The van der Waals surface area contributed by atoms with Gasteiger partial charge in [-0.2, -0.15) is 0 Å². The SMILES string of the molecule is CC(=O)[C@H](CCCNC(N)=O)NC(=O)[C@@H](NC(=O)CCCCCOC(=O)C(CBr)CBr)C(C)C. The molecule has 12 heteroatoms. The molecule has 2 atom stereocenters. The minimum atomic E-state index is -0.774. The Morgan fingerprint density at radius 1 is 0.941 bits per heavy atom. The second-order valence-electron chi connectivity index (χ2n) is 8.38. The van der Waals surface area contributed by atoms with Crippen molar-refractivity contribution in [1.29, 1.82) is 0 Å². The molecule has 0 unspecified atom stereocenters. The maximum absolute atomic E-state index is 12.7. The molecule has 0 aliphatic carbocycles. The fraction of sp³-hybridized carbons (Fsp3) is 0.773. The summed E-state index contributed by atoms with van der Waals surface area (Å²) in [5.41, 5.74) is 5.01. The smallest absolute Gasteiger partial charge is 0.312 e. The van der Waals surface area contributed by atoms with Crippen LogP contribution >= 0.6 is 31.9 Å². The molecular weight excluding hydrogens is 576 g/mol. The molecule has 5 N–H and O–H groups in total. The van der Waals surface area contributed by atoms with Gasteiger partial charge < -0.3 is 26.4 Å². The first kappa shape index (κ1) is 32.3. The molecule has 0 aromatic rings. The van der Waals surface area contributed by atoms with Crippen LogP contribution in [0.2, 0.25) is 0 Å². The number of ether oxygens (including phenoxy) is 1. The van der Waals surface area contributed by atoms with Gasteiger partial charge in [0, 0.05) is 23.6 Å². The van der Waals surface area contributed by atoms with Crippen LogP contribution in [0, 0.1) is 11.8 Å². The van der Waals surface area contributed by atoms with Crippen molar-refractivity contribution in [2.75, 3.05) is 23.8 Å². The number of esters is 1. The van der Waals surface area contributed by atoms with Crippen molar-refractivity contribution < 1.29 is 28.7 Å². The summed E-state index contributed by atoms with van der Waals surface area (Å²) in [6, 6.07) is -2.13. The maximum atomic E-state index is 12.7. The lowest BCUT2D eigenvalue weighted by molar-refractivity contribution is -0.147. The van der Waals surface area contributed by atoms with Gasteiger partial charge in [0.15, 0.2) is 5.78 Å². The summed E-state index contributed by atoms with van der Waals surface area (Å²) in [5.74, 6) is -1.55. The van der Waals surface area contributed by atoms with Gasteiger partial charge in [-0.1, -0.05) is 45.7 Å². The van der Waals surface area contributed by atoms with Crippen LogP contribution < -0.4 is 21.7 Å². The Balaban J connectivity index is 4.45. The number of nitrogens with one attached hydrogen (secondary N) is 3. The van der Waals surface area contributed by atoms with E-state index in [-0.39, 0.29) is 35.9 Å². The average Bonchev–Trinajstić information content (AvgIpc) is 2.76. The van der Waals surface area contributed by atoms with Gasteiger partial charge in [-0.3, -0.25) is 19.2 Å². The number of hydrogen-bond acceptors (Lipinski definition) is 6. The van der Waals surface area contributed by atoms with E-state index in [1.165, 1.54) is 6.92 Å². The van der Waals surface area contributed by atoms with E-state index >= 15 is 0 Å². The van der Waals surface area contributed by atoms with Crippen molar-refractivity contribution in [3.05, 3.63) is 0 Å². The van der Waals surface area contributed by atoms with E-state index in [0.29, 0.717) is 55.9 Å². The molecule has 0 radical (unpaired) electrons. The summed E-state index contributed by atoms with van der Waals surface area (Å²) in [6.45, 7) is 5.60. The number of Topliss-reactive ketones (excluding diaryl/α,β-unsaturated/α-hetero) is 1. The Morgan fingerprint density at radius 3 is 2.12 bits per heavy atom. The largest absolute Gasteiger partial charge is 0.465 e. The first-order valence-electron chi connectivity index (χ1n) is 11.4. The normalized spacial score (nSPS) is 12.7. The molecule has 34 heavy (non-hydrogen) atoms. The number of primary amides is 1. The van der Waals surface area contributed by atoms with Crippen molar-refractivity contribution in [2.45, 2.75) is 71.4 Å². The third-order valence-electron chi connectivity index (χ3n) is 5.04. The van der Waals surface area contributed by atoms with Gasteiger partial charge >= 0.3 is 12.0 Å². The number of unbranched alkanes of at least 4 members (excludes halogenated alkanes) is 2. The summed E-state index contributed by atoms with van der Waals surface area (Å²) in [5, 5.41) is 8.95. The number of nitrogens with two attached hydrogens (primary N) is 1. The maximum Gasteiger partial charge on any atom is 0.312 e. The molecule has 0 aromatic heterocycles. The molecule has 0 spiro atoms. The summed E-state index contributed by atoms with van der Waals surface area (Å²) in [7, 11) is 0. The number of halogens is 2. The molecule has 0 saturated carbocycles. The van der Waals surface area contributed by atoms with Crippen LogP contribution in [0.15, 0.2) is 0 Å². The van der Waals surface area contributed by atoms with E-state index in [1.807, 2.05) is 13.8 Å². The molecule has 0 fully saturated rings. The van der Waals surface area contributed by atoms with E-state index in [9.17, 15) is 24.0 Å². The molecule has 0 rings (SSSR count). The first-order chi connectivity index (χ1) is 16.0. The summed E-state index contributed by atoms with van der Waals surface area (Å²) in [6.07, 6.45) is 3.00. The standard InChI is InChI=1S/C22H38Br2N4O6/c1-14(2)19(20(31)27-17(15(3)29)8-7-10-26-22(25)33)28-18(30)9-5-4-6-11-34-21(32)16(12-23)13-24/h14,16-17,19H,4-13H2,1-3H3,(H,27,31)(H,28,30)(H3,25,26,33)/t17-,19-/m0/s1. The van der Waals surface area contributed by atoms with Gasteiger partial charge in [0.2, 0.25) is 11.8 Å². The molecule has 196 valence electrons. The zero-order valence-corrected chi connectivity index (χ0v) is 23.3. The van der Waals surface area contributed by atoms with Crippen molar-refractivity contribution in [3.8, 4) is 0 Å². The van der Waals surface area contributed by atoms with Crippen LogP contribution in [0.5, 0.6) is 0 Å². The van der Waals surface area contributed by atoms with Crippen LogP contribution in [0.1, 0.15) is 59.3 Å². The van der Waals surface area contributed by atoms with Crippen molar-refractivity contribution in [1.82, 2.24) is 16.0 Å². The van der Waals surface area contributed by atoms with Crippen LogP contribution in [-0.4, -0.2) is 65.5 Å². The molecule has 0 aliphatic heterocycles. The number of urea groups is 1. The number of rotatable bonds is 18. The molecular formula is C22H38Br2N4O6. The number of alkyl halides is 2.